The molecule has 0 saturated carbocycles. The molecule has 0 aromatic carbocycles. The molecule has 0 bridgehead atoms. The summed E-state index contributed by atoms with van der Waals surface area (Å²) in [6.45, 7) is 5.68. The van der Waals surface area contributed by atoms with E-state index in [0.29, 0.717) is 29.9 Å². The third-order valence-corrected chi connectivity index (χ3v) is 4.45. The molecule has 0 spiro atoms. The Kier molecular flexibility index (Phi) is 5.83. The highest BCUT2D eigenvalue weighted by Crippen LogP contribution is 2.33. The van der Waals surface area contributed by atoms with E-state index in [1.807, 2.05) is 19.1 Å². The molecule has 134 valence electrons. The highest BCUT2D eigenvalue weighted by molar-refractivity contribution is 5.63. The summed E-state index contributed by atoms with van der Waals surface area (Å²) in [5, 5.41) is 16.4. The Balaban J connectivity index is 1.87. The number of hydrogen-bond acceptors (Lipinski definition) is 6. The van der Waals surface area contributed by atoms with Crippen LogP contribution in [0.25, 0.3) is 11.3 Å². The molecule has 25 heavy (non-hydrogen) atoms. The lowest BCUT2D eigenvalue weighted by Crippen LogP contribution is -2.46. The zero-order chi connectivity index (χ0) is 17.6. The van der Waals surface area contributed by atoms with Crippen LogP contribution in [0.4, 0.5) is 0 Å². The monoisotopic (exact) mass is 343 g/mol. The molecular formula is C19H25N3O3. The summed E-state index contributed by atoms with van der Waals surface area (Å²) < 4.78 is 11.3. The summed E-state index contributed by atoms with van der Waals surface area (Å²) in [6.07, 6.45) is 7.97. The molecule has 6 heteroatoms. The largest absolute Gasteiger partial charge is 0.490 e. The highest BCUT2D eigenvalue weighted by atomic mass is 16.5. The van der Waals surface area contributed by atoms with Gasteiger partial charge >= 0.3 is 0 Å². The van der Waals surface area contributed by atoms with Gasteiger partial charge in [0.1, 0.15) is 18.1 Å². The van der Waals surface area contributed by atoms with Gasteiger partial charge in [-0.25, -0.2) is 0 Å². The molecule has 0 aliphatic carbocycles. The van der Waals surface area contributed by atoms with Crippen molar-refractivity contribution in [2.45, 2.75) is 45.3 Å². The molecule has 1 fully saturated rings. The van der Waals surface area contributed by atoms with Crippen molar-refractivity contribution in [1.82, 2.24) is 15.5 Å². The third-order valence-electron chi connectivity index (χ3n) is 4.45. The number of aromatic nitrogens is 2. The fraction of sp³-hybridized carbons (Fsp3) is 0.474. The van der Waals surface area contributed by atoms with Crippen molar-refractivity contribution in [1.29, 1.82) is 0 Å². The Bertz CT molecular complexity index is 722. The summed E-state index contributed by atoms with van der Waals surface area (Å²) in [6, 6.07) is 4.12. The normalized spacial score (nSPS) is 18.3. The summed E-state index contributed by atoms with van der Waals surface area (Å²) in [4.78, 5) is 4.64. The van der Waals surface area contributed by atoms with E-state index in [0.717, 1.165) is 30.6 Å². The van der Waals surface area contributed by atoms with Crippen molar-refractivity contribution in [3.05, 3.63) is 41.9 Å². The first-order valence-corrected chi connectivity index (χ1v) is 8.75. The van der Waals surface area contributed by atoms with Crippen LogP contribution in [0, 0.1) is 0 Å². The molecule has 3 rings (SSSR count). The van der Waals surface area contributed by atoms with E-state index in [1.165, 1.54) is 0 Å². The molecule has 3 heterocycles. The van der Waals surface area contributed by atoms with Gasteiger partial charge in [0.25, 0.3) is 0 Å². The average molecular weight is 343 g/mol. The fourth-order valence-electron chi connectivity index (χ4n) is 2.78. The van der Waals surface area contributed by atoms with E-state index >= 15 is 0 Å². The summed E-state index contributed by atoms with van der Waals surface area (Å²) in [5.74, 6) is 1.55. The predicted octanol–water partition coefficient (Wildman–Crippen LogP) is 3.04. The molecule has 2 atom stereocenters. The lowest BCUT2D eigenvalue weighted by molar-refractivity contribution is 0.217. The number of aliphatic hydroxyl groups excluding tert-OH is 1. The Morgan fingerprint density at radius 3 is 2.96 bits per heavy atom. The molecule has 2 N–H and O–H groups in total. The maximum atomic E-state index is 9.25. The molecule has 1 aliphatic rings. The van der Waals surface area contributed by atoms with Gasteiger partial charge in [-0.3, -0.25) is 4.98 Å². The van der Waals surface area contributed by atoms with E-state index in [2.05, 4.69) is 28.5 Å². The Hall–Kier alpha value is -2.18. The maximum absolute atomic E-state index is 9.25. The standard InChI is InChI=1S/C19H25N3O3/c1-3-4-5-13(2)19-17(18-8-15(11-23)22-25-18)9-16(10-21-19)24-12-14-6-7-20-14/h3-4,8-10,13-14,20,23H,5-7,11-12H2,1-2H3. The number of hydrogen-bond donors (Lipinski definition) is 2. The number of ether oxygens (including phenoxy) is 1. The highest BCUT2D eigenvalue weighted by Gasteiger charge is 2.20. The predicted molar refractivity (Wildman–Crippen MR) is 95.4 cm³/mol. The SMILES string of the molecule is CC=CCC(C)c1ncc(OCC2CCN2)cc1-c1cc(CO)no1. The minimum atomic E-state index is -0.149. The molecular weight excluding hydrogens is 318 g/mol. The molecule has 0 amide bonds. The molecule has 2 aromatic heterocycles. The van der Waals surface area contributed by atoms with Crippen molar-refractivity contribution < 1.29 is 14.4 Å². The lowest BCUT2D eigenvalue weighted by atomic mass is 9.97. The van der Waals surface area contributed by atoms with Crippen LogP contribution in [0.3, 0.4) is 0 Å². The number of allylic oxidation sites excluding steroid dienone is 2. The van der Waals surface area contributed by atoms with Crippen molar-refractivity contribution >= 4 is 0 Å². The summed E-state index contributed by atoms with van der Waals surface area (Å²) in [5.41, 5.74) is 2.31. The van der Waals surface area contributed by atoms with E-state index in [1.54, 1.807) is 12.3 Å². The molecule has 1 aliphatic heterocycles. The van der Waals surface area contributed by atoms with Crippen molar-refractivity contribution in [3.8, 4) is 17.1 Å². The Morgan fingerprint density at radius 2 is 2.32 bits per heavy atom. The average Bonchev–Trinajstić information content (AvgIpc) is 3.07. The number of aliphatic hydroxyl groups is 1. The number of pyridine rings is 1. The second-order valence-electron chi connectivity index (χ2n) is 6.40. The topological polar surface area (TPSA) is 80.4 Å². The van der Waals surface area contributed by atoms with Gasteiger partial charge in [0.2, 0.25) is 0 Å². The van der Waals surface area contributed by atoms with E-state index in [4.69, 9.17) is 9.26 Å². The first-order chi connectivity index (χ1) is 12.2. The van der Waals surface area contributed by atoms with Crippen LogP contribution in [0.15, 0.2) is 35.0 Å². The third kappa shape index (κ3) is 4.27. The minimum absolute atomic E-state index is 0.149. The van der Waals surface area contributed by atoms with Crippen LogP contribution >= 0.6 is 0 Å². The Labute approximate surface area is 147 Å². The van der Waals surface area contributed by atoms with Crippen LogP contribution in [-0.2, 0) is 6.61 Å². The van der Waals surface area contributed by atoms with Gasteiger partial charge in [-0.1, -0.05) is 24.2 Å². The zero-order valence-electron chi connectivity index (χ0n) is 14.7. The Morgan fingerprint density at radius 1 is 1.48 bits per heavy atom. The molecule has 1 saturated heterocycles. The van der Waals surface area contributed by atoms with Crippen LogP contribution in [-0.4, -0.2) is 34.4 Å². The second kappa shape index (κ2) is 8.27. The van der Waals surface area contributed by atoms with Gasteiger partial charge in [0.05, 0.1) is 18.5 Å². The van der Waals surface area contributed by atoms with Crippen molar-refractivity contribution in [2.24, 2.45) is 0 Å². The van der Waals surface area contributed by atoms with E-state index < -0.39 is 0 Å². The van der Waals surface area contributed by atoms with Crippen LogP contribution in [0.1, 0.15) is 44.0 Å². The number of nitrogens with zero attached hydrogens (tertiary/aromatic N) is 2. The lowest BCUT2D eigenvalue weighted by Gasteiger charge is -2.27. The van der Waals surface area contributed by atoms with E-state index in [9.17, 15) is 5.11 Å². The summed E-state index contributed by atoms with van der Waals surface area (Å²) in [7, 11) is 0. The van der Waals surface area contributed by atoms with Gasteiger partial charge in [0.15, 0.2) is 5.76 Å². The van der Waals surface area contributed by atoms with Crippen LogP contribution in [0.2, 0.25) is 0 Å². The fourth-order valence-corrected chi connectivity index (χ4v) is 2.78. The van der Waals surface area contributed by atoms with Gasteiger partial charge < -0.3 is 19.7 Å². The number of rotatable bonds is 8. The second-order valence-corrected chi connectivity index (χ2v) is 6.40. The van der Waals surface area contributed by atoms with Crippen molar-refractivity contribution in [3.63, 3.8) is 0 Å². The molecule has 6 nitrogen and oxygen atoms in total. The quantitative estimate of drug-likeness (QED) is 0.717. The zero-order valence-corrected chi connectivity index (χ0v) is 14.7. The molecule has 0 radical (unpaired) electrons. The van der Waals surface area contributed by atoms with E-state index in [-0.39, 0.29) is 12.5 Å². The van der Waals surface area contributed by atoms with Gasteiger partial charge in [0, 0.05) is 23.6 Å². The van der Waals surface area contributed by atoms with Gasteiger partial charge in [-0.15, -0.1) is 0 Å². The van der Waals surface area contributed by atoms with Crippen molar-refractivity contribution in [2.75, 3.05) is 13.2 Å². The minimum Gasteiger partial charge on any atom is -0.490 e. The van der Waals surface area contributed by atoms with Crippen LogP contribution < -0.4 is 10.1 Å². The first-order valence-electron chi connectivity index (χ1n) is 8.75. The molecule has 2 aromatic rings. The van der Waals surface area contributed by atoms with Gasteiger partial charge in [-0.2, -0.15) is 0 Å². The maximum Gasteiger partial charge on any atom is 0.169 e. The number of nitrogens with one attached hydrogen (secondary N) is 1. The first kappa shape index (κ1) is 17.6. The summed E-state index contributed by atoms with van der Waals surface area (Å²) >= 11 is 0. The smallest absolute Gasteiger partial charge is 0.169 e. The van der Waals surface area contributed by atoms with Crippen LogP contribution in [0.5, 0.6) is 5.75 Å². The van der Waals surface area contributed by atoms with Gasteiger partial charge in [-0.05, 0) is 32.4 Å². The molecule has 2 unspecified atom stereocenters.